The molecule has 1 aromatic rings. The number of benzene rings is 1. The van der Waals surface area contributed by atoms with E-state index < -0.39 is 5.97 Å². The van der Waals surface area contributed by atoms with E-state index in [0.717, 1.165) is 12.2 Å². The maximum absolute atomic E-state index is 10.8. The highest BCUT2D eigenvalue weighted by atomic mass is 16.5. The number of ether oxygens (including phenoxy) is 1. The third-order valence-electron chi connectivity index (χ3n) is 2.93. The first kappa shape index (κ1) is 10.2. The molecule has 1 saturated heterocycles. The average Bonchev–Trinajstić information content (AvgIpc) is 2.64. The molecule has 80 valence electrons. The summed E-state index contributed by atoms with van der Waals surface area (Å²) in [5.41, 5.74) is 1.42. The lowest BCUT2D eigenvalue weighted by Crippen LogP contribution is -2.08. The molecule has 0 unspecified atom stereocenters. The highest BCUT2D eigenvalue weighted by Gasteiger charge is 2.26. The minimum absolute atomic E-state index is 0.337. The van der Waals surface area contributed by atoms with Crippen molar-refractivity contribution in [3.8, 4) is 0 Å². The topological polar surface area (TPSA) is 46.5 Å². The maximum atomic E-state index is 10.8. The summed E-state index contributed by atoms with van der Waals surface area (Å²) in [4.78, 5) is 10.8. The van der Waals surface area contributed by atoms with Crippen LogP contribution in [0.4, 0.5) is 0 Å². The minimum Gasteiger partial charge on any atom is -0.478 e. The molecule has 0 radical (unpaired) electrons. The molecular formula is C12H14O3. The fourth-order valence-corrected chi connectivity index (χ4v) is 1.99. The number of hydrogen-bond acceptors (Lipinski definition) is 2. The van der Waals surface area contributed by atoms with Gasteiger partial charge in [-0.15, -0.1) is 0 Å². The predicted octanol–water partition coefficient (Wildman–Crippen LogP) is 2.13. The Bertz CT molecular complexity index is 373. The monoisotopic (exact) mass is 206 g/mol. The van der Waals surface area contributed by atoms with Crippen LogP contribution in [0, 0.1) is 5.92 Å². The highest BCUT2D eigenvalue weighted by molar-refractivity contribution is 5.87. The Labute approximate surface area is 88.7 Å². The number of carbonyl (C=O) groups is 1. The molecule has 3 heteroatoms. The Hall–Kier alpha value is -1.35. The van der Waals surface area contributed by atoms with Gasteiger partial charge in [0.2, 0.25) is 0 Å². The minimum atomic E-state index is -0.872. The van der Waals surface area contributed by atoms with Crippen molar-refractivity contribution < 1.29 is 14.6 Å². The molecule has 1 N–H and O–H groups in total. The van der Waals surface area contributed by atoms with Crippen LogP contribution in [0.25, 0.3) is 0 Å². The van der Waals surface area contributed by atoms with Gasteiger partial charge in [0.15, 0.2) is 0 Å². The molecule has 0 saturated carbocycles. The SMILES string of the molecule is C[C@@H]1COC[C@H]1c1cccc(C(=O)O)c1. The molecule has 2 rings (SSSR count). The van der Waals surface area contributed by atoms with Gasteiger partial charge in [-0.2, -0.15) is 0 Å². The first-order valence-electron chi connectivity index (χ1n) is 5.09. The van der Waals surface area contributed by atoms with Crippen molar-refractivity contribution in [1.82, 2.24) is 0 Å². The maximum Gasteiger partial charge on any atom is 0.335 e. The first-order chi connectivity index (χ1) is 7.18. The Morgan fingerprint density at radius 2 is 2.27 bits per heavy atom. The molecule has 1 aromatic carbocycles. The molecule has 1 fully saturated rings. The molecule has 1 heterocycles. The van der Waals surface area contributed by atoms with Crippen molar-refractivity contribution >= 4 is 5.97 Å². The smallest absolute Gasteiger partial charge is 0.335 e. The molecule has 0 aromatic heterocycles. The summed E-state index contributed by atoms with van der Waals surface area (Å²) < 4.78 is 5.38. The van der Waals surface area contributed by atoms with Crippen LogP contribution < -0.4 is 0 Å². The van der Waals surface area contributed by atoms with Crippen molar-refractivity contribution in [3.05, 3.63) is 35.4 Å². The van der Waals surface area contributed by atoms with E-state index >= 15 is 0 Å². The molecule has 0 aliphatic carbocycles. The van der Waals surface area contributed by atoms with Gasteiger partial charge in [-0.25, -0.2) is 4.79 Å². The number of rotatable bonds is 2. The van der Waals surface area contributed by atoms with E-state index in [2.05, 4.69) is 6.92 Å². The quantitative estimate of drug-likeness (QED) is 0.806. The number of aromatic carboxylic acids is 1. The molecule has 3 nitrogen and oxygen atoms in total. The predicted molar refractivity (Wildman–Crippen MR) is 56.1 cm³/mol. The van der Waals surface area contributed by atoms with E-state index in [1.165, 1.54) is 0 Å². The van der Waals surface area contributed by atoms with Crippen LogP contribution in [0.1, 0.15) is 28.8 Å². The van der Waals surface area contributed by atoms with Crippen LogP contribution in [-0.4, -0.2) is 24.3 Å². The van der Waals surface area contributed by atoms with Crippen LogP contribution in [-0.2, 0) is 4.74 Å². The second-order valence-electron chi connectivity index (χ2n) is 4.05. The van der Waals surface area contributed by atoms with Crippen molar-refractivity contribution in [2.24, 2.45) is 5.92 Å². The number of carboxylic acids is 1. The van der Waals surface area contributed by atoms with E-state index in [0.29, 0.717) is 24.0 Å². The van der Waals surface area contributed by atoms with Crippen LogP contribution in [0.5, 0.6) is 0 Å². The highest BCUT2D eigenvalue weighted by Crippen LogP contribution is 2.30. The normalized spacial score (nSPS) is 25.4. The number of hydrogen-bond donors (Lipinski definition) is 1. The summed E-state index contributed by atoms with van der Waals surface area (Å²) in [7, 11) is 0. The zero-order valence-electron chi connectivity index (χ0n) is 8.64. The first-order valence-corrected chi connectivity index (χ1v) is 5.09. The molecule has 15 heavy (non-hydrogen) atoms. The summed E-state index contributed by atoms with van der Waals surface area (Å²) in [5.74, 6) is -0.0678. The van der Waals surface area contributed by atoms with Crippen LogP contribution in [0.2, 0.25) is 0 Å². The lowest BCUT2D eigenvalue weighted by molar-refractivity contribution is 0.0696. The fraction of sp³-hybridized carbons (Fsp3) is 0.417. The van der Waals surface area contributed by atoms with Gasteiger partial charge in [0.25, 0.3) is 0 Å². The summed E-state index contributed by atoms with van der Waals surface area (Å²) in [6, 6.07) is 7.14. The number of carboxylic acid groups (broad SMARTS) is 1. The Morgan fingerprint density at radius 3 is 2.87 bits per heavy atom. The standard InChI is InChI=1S/C12H14O3/c1-8-6-15-7-11(8)9-3-2-4-10(5-9)12(13)14/h2-5,8,11H,6-7H2,1H3,(H,13,14)/t8-,11-/m1/s1. The van der Waals surface area contributed by atoms with E-state index in [4.69, 9.17) is 9.84 Å². The third kappa shape index (κ3) is 2.02. The summed E-state index contributed by atoms with van der Waals surface area (Å²) in [6.45, 7) is 3.59. The lowest BCUT2D eigenvalue weighted by atomic mass is 9.89. The van der Waals surface area contributed by atoms with Crippen molar-refractivity contribution in [1.29, 1.82) is 0 Å². The third-order valence-corrected chi connectivity index (χ3v) is 2.93. The molecule has 1 aliphatic rings. The van der Waals surface area contributed by atoms with Crippen molar-refractivity contribution in [2.45, 2.75) is 12.8 Å². The molecule has 2 atom stereocenters. The van der Waals surface area contributed by atoms with Gasteiger partial charge in [0, 0.05) is 12.5 Å². The summed E-state index contributed by atoms with van der Waals surface area (Å²) in [5, 5.41) is 8.89. The van der Waals surface area contributed by atoms with E-state index in [1.54, 1.807) is 18.2 Å². The van der Waals surface area contributed by atoms with E-state index in [-0.39, 0.29) is 0 Å². The molecule has 1 aliphatic heterocycles. The summed E-state index contributed by atoms with van der Waals surface area (Å²) >= 11 is 0. The van der Waals surface area contributed by atoms with Crippen LogP contribution in [0.15, 0.2) is 24.3 Å². The Balaban J connectivity index is 2.28. The van der Waals surface area contributed by atoms with Crippen molar-refractivity contribution in [3.63, 3.8) is 0 Å². The van der Waals surface area contributed by atoms with Gasteiger partial charge in [0.1, 0.15) is 0 Å². The molecule has 0 spiro atoms. The van der Waals surface area contributed by atoms with Crippen LogP contribution >= 0.6 is 0 Å². The van der Waals surface area contributed by atoms with E-state index in [1.807, 2.05) is 6.07 Å². The van der Waals surface area contributed by atoms with Gasteiger partial charge < -0.3 is 9.84 Å². The van der Waals surface area contributed by atoms with Crippen molar-refractivity contribution in [2.75, 3.05) is 13.2 Å². The average molecular weight is 206 g/mol. The fourth-order valence-electron chi connectivity index (χ4n) is 1.99. The van der Waals surface area contributed by atoms with Crippen LogP contribution in [0.3, 0.4) is 0 Å². The zero-order valence-corrected chi connectivity index (χ0v) is 8.64. The van der Waals surface area contributed by atoms with E-state index in [9.17, 15) is 4.79 Å². The Kier molecular flexibility index (Phi) is 2.73. The second-order valence-corrected chi connectivity index (χ2v) is 4.05. The van der Waals surface area contributed by atoms with Gasteiger partial charge >= 0.3 is 5.97 Å². The molecule has 0 amide bonds. The van der Waals surface area contributed by atoms with Gasteiger partial charge in [-0.1, -0.05) is 19.1 Å². The molecular weight excluding hydrogens is 192 g/mol. The second kappa shape index (κ2) is 4.03. The zero-order chi connectivity index (χ0) is 10.8. The van der Waals surface area contributed by atoms with Gasteiger partial charge in [-0.3, -0.25) is 0 Å². The Morgan fingerprint density at radius 1 is 1.47 bits per heavy atom. The van der Waals surface area contributed by atoms with Gasteiger partial charge in [0.05, 0.1) is 12.2 Å². The lowest BCUT2D eigenvalue weighted by Gasteiger charge is -2.13. The summed E-state index contributed by atoms with van der Waals surface area (Å²) in [6.07, 6.45) is 0. The van der Waals surface area contributed by atoms with Gasteiger partial charge in [-0.05, 0) is 23.6 Å². The largest absolute Gasteiger partial charge is 0.478 e. The molecule has 0 bridgehead atoms.